The van der Waals surface area contributed by atoms with Crippen molar-refractivity contribution in [2.45, 2.75) is 64.5 Å². The van der Waals surface area contributed by atoms with Crippen LogP contribution in [0.4, 0.5) is 5.69 Å². The standard InChI is InChI=1S/C26H34N2O3/c1-18-15-19(2)23(20(3)16-18)17-24(29)28(4)26(13-11-22(31-5)12-14-26)25(30)27-21-9-7-6-8-10-21/h6-10,15-16,22H,11-14,17H2,1-5H3,(H,27,30). The molecule has 0 heterocycles. The minimum atomic E-state index is -0.880. The van der Waals surface area contributed by atoms with Gasteiger partial charge in [-0.15, -0.1) is 0 Å². The van der Waals surface area contributed by atoms with Gasteiger partial charge < -0.3 is 15.0 Å². The van der Waals surface area contributed by atoms with Gasteiger partial charge in [-0.3, -0.25) is 9.59 Å². The van der Waals surface area contributed by atoms with Gasteiger partial charge in [0.1, 0.15) is 5.54 Å². The third-order valence-corrected chi connectivity index (χ3v) is 6.73. The first-order valence-corrected chi connectivity index (χ1v) is 11.0. The molecular formula is C26H34N2O3. The third-order valence-electron chi connectivity index (χ3n) is 6.73. The van der Waals surface area contributed by atoms with Gasteiger partial charge >= 0.3 is 0 Å². The predicted octanol–water partition coefficient (Wildman–Crippen LogP) is 4.58. The van der Waals surface area contributed by atoms with E-state index in [4.69, 9.17) is 4.74 Å². The number of nitrogens with one attached hydrogen (secondary N) is 1. The van der Waals surface area contributed by atoms with E-state index in [0.29, 0.717) is 19.3 Å². The Balaban J connectivity index is 1.86. The number of nitrogens with zero attached hydrogens (tertiary/aromatic N) is 1. The molecule has 0 unspecified atom stereocenters. The van der Waals surface area contributed by atoms with Crippen molar-refractivity contribution < 1.29 is 14.3 Å². The van der Waals surface area contributed by atoms with Crippen LogP contribution in [-0.4, -0.2) is 42.5 Å². The topological polar surface area (TPSA) is 58.6 Å². The van der Waals surface area contributed by atoms with E-state index >= 15 is 0 Å². The van der Waals surface area contributed by atoms with Gasteiger partial charge in [0.2, 0.25) is 11.8 Å². The fourth-order valence-corrected chi connectivity index (χ4v) is 4.79. The summed E-state index contributed by atoms with van der Waals surface area (Å²) in [5, 5.41) is 3.04. The van der Waals surface area contributed by atoms with Crippen LogP contribution in [0, 0.1) is 20.8 Å². The molecule has 0 bridgehead atoms. The Morgan fingerprint density at radius 1 is 1.06 bits per heavy atom. The van der Waals surface area contributed by atoms with Gasteiger partial charge in [0.25, 0.3) is 0 Å². The number of likely N-dealkylation sites (N-methyl/N-ethyl adjacent to an activating group) is 1. The summed E-state index contributed by atoms with van der Waals surface area (Å²) in [5.74, 6) is -0.157. The van der Waals surface area contributed by atoms with Gasteiger partial charge in [-0.05, 0) is 75.3 Å². The molecular weight excluding hydrogens is 388 g/mol. The molecule has 5 nitrogen and oxygen atoms in total. The third kappa shape index (κ3) is 4.99. The molecule has 2 amide bonds. The molecule has 1 aliphatic rings. The number of hydrogen-bond acceptors (Lipinski definition) is 3. The first-order valence-electron chi connectivity index (χ1n) is 11.0. The van der Waals surface area contributed by atoms with Gasteiger partial charge in [-0.25, -0.2) is 0 Å². The van der Waals surface area contributed by atoms with Crippen LogP contribution in [0.3, 0.4) is 0 Å². The van der Waals surface area contributed by atoms with E-state index < -0.39 is 5.54 Å². The fourth-order valence-electron chi connectivity index (χ4n) is 4.79. The van der Waals surface area contributed by atoms with Crippen LogP contribution in [0.2, 0.25) is 0 Å². The van der Waals surface area contributed by atoms with E-state index in [1.165, 1.54) is 5.56 Å². The fraction of sp³-hybridized carbons (Fsp3) is 0.462. The molecule has 31 heavy (non-hydrogen) atoms. The van der Waals surface area contributed by atoms with Crippen molar-refractivity contribution in [3.63, 3.8) is 0 Å². The Morgan fingerprint density at radius 3 is 2.19 bits per heavy atom. The molecule has 1 N–H and O–H groups in total. The molecule has 0 spiro atoms. The second kappa shape index (κ2) is 9.65. The number of rotatable bonds is 6. The quantitative estimate of drug-likeness (QED) is 0.741. The molecule has 166 valence electrons. The molecule has 0 aromatic heterocycles. The highest BCUT2D eigenvalue weighted by Gasteiger charge is 2.47. The van der Waals surface area contributed by atoms with E-state index in [1.54, 1.807) is 19.1 Å². The Morgan fingerprint density at radius 2 is 1.65 bits per heavy atom. The highest BCUT2D eigenvalue weighted by atomic mass is 16.5. The normalized spacial score (nSPS) is 20.9. The maximum Gasteiger partial charge on any atom is 0.250 e. The monoisotopic (exact) mass is 422 g/mol. The van der Waals surface area contributed by atoms with Crippen LogP contribution in [0.1, 0.15) is 47.9 Å². The van der Waals surface area contributed by atoms with Crippen LogP contribution >= 0.6 is 0 Å². The van der Waals surface area contributed by atoms with E-state index in [2.05, 4.69) is 24.4 Å². The minimum Gasteiger partial charge on any atom is -0.381 e. The summed E-state index contributed by atoms with van der Waals surface area (Å²) in [5.41, 5.74) is 4.33. The van der Waals surface area contributed by atoms with Gasteiger partial charge in [-0.2, -0.15) is 0 Å². The first-order chi connectivity index (χ1) is 14.8. The number of carbonyl (C=O) groups is 2. The lowest BCUT2D eigenvalue weighted by Gasteiger charge is -2.44. The van der Waals surface area contributed by atoms with Gasteiger partial charge in [0.15, 0.2) is 0 Å². The van der Waals surface area contributed by atoms with Crippen LogP contribution < -0.4 is 5.32 Å². The summed E-state index contributed by atoms with van der Waals surface area (Å²) in [7, 11) is 3.48. The number of amides is 2. The molecule has 0 saturated heterocycles. The van der Waals surface area contributed by atoms with Crippen LogP contribution in [0.25, 0.3) is 0 Å². The molecule has 0 radical (unpaired) electrons. The van der Waals surface area contributed by atoms with Gasteiger partial charge in [0, 0.05) is 19.8 Å². The summed E-state index contributed by atoms with van der Waals surface area (Å²) >= 11 is 0. The highest BCUT2D eigenvalue weighted by molar-refractivity contribution is 6.00. The summed E-state index contributed by atoms with van der Waals surface area (Å²) in [6.45, 7) is 6.16. The number of methoxy groups -OCH3 is 1. The molecule has 1 aliphatic carbocycles. The lowest BCUT2D eigenvalue weighted by atomic mass is 9.78. The van der Waals surface area contributed by atoms with Crippen molar-refractivity contribution in [3.8, 4) is 0 Å². The van der Waals surface area contributed by atoms with Crippen molar-refractivity contribution in [2.24, 2.45) is 0 Å². The Labute approximate surface area is 185 Å². The molecule has 2 aromatic rings. The van der Waals surface area contributed by atoms with Crippen molar-refractivity contribution in [1.82, 2.24) is 4.90 Å². The van der Waals surface area contributed by atoms with E-state index in [9.17, 15) is 9.59 Å². The Hall–Kier alpha value is -2.66. The molecule has 3 rings (SSSR count). The van der Waals surface area contributed by atoms with E-state index in [-0.39, 0.29) is 17.9 Å². The summed E-state index contributed by atoms with van der Waals surface area (Å²) < 4.78 is 5.53. The molecule has 1 fully saturated rings. The number of carbonyl (C=O) groups excluding carboxylic acids is 2. The van der Waals surface area contributed by atoms with Crippen molar-refractivity contribution in [1.29, 1.82) is 0 Å². The SMILES string of the molecule is COC1CCC(C(=O)Nc2ccccc2)(N(C)C(=O)Cc2c(C)cc(C)cc2C)CC1. The number of ether oxygens (including phenoxy) is 1. The molecule has 0 aliphatic heterocycles. The van der Waals surface area contributed by atoms with Crippen LogP contribution in [0.15, 0.2) is 42.5 Å². The Kier molecular flexibility index (Phi) is 7.16. The van der Waals surface area contributed by atoms with Crippen LogP contribution in [-0.2, 0) is 20.7 Å². The Bertz CT molecular complexity index is 908. The lowest BCUT2D eigenvalue weighted by molar-refractivity contribution is -0.146. The highest BCUT2D eigenvalue weighted by Crippen LogP contribution is 2.36. The van der Waals surface area contributed by atoms with Crippen LogP contribution in [0.5, 0.6) is 0 Å². The van der Waals surface area contributed by atoms with E-state index in [1.807, 2.05) is 44.2 Å². The zero-order valence-electron chi connectivity index (χ0n) is 19.3. The zero-order valence-corrected chi connectivity index (χ0v) is 19.3. The average Bonchev–Trinajstić information content (AvgIpc) is 2.76. The summed E-state index contributed by atoms with van der Waals surface area (Å²) in [6.07, 6.45) is 3.08. The smallest absolute Gasteiger partial charge is 0.250 e. The lowest BCUT2D eigenvalue weighted by Crippen LogP contribution is -2.59. The van der Waals surface area contributed by atoms with Crippen molar-refractivity contribution in [2.75, 3.05) is 19.5 Å². The minimum absolute atomic E-state index is 0.0332. The number of hydrogen-bond donors (Lipinski definition) is 1. The first kappa shape index (κ1) is 23.0. The maximum atomic E-state index is 13.5. The second-order valence-corrected chi connectivity index (χ2v) is 8.79. The van der Waals surface area contributed by atoms with Crippen molar-refractivity contribution in [3.05, 3.63) is 64.7 Å². The second-order valence-electron chi connectivity index (χ2n) is 8.79. The molecule has 2 aromatic carbocycles. The molecule has 1 saturated carbocycles. The van der Waals surface area contributed by atoms with Gasteiger partial charge in [0.05, 0.1) is 12.5 Å². The predicted molar refractivity (Wildman–Crippen MR) is 124 cm³/mol. The maximum absolute atomic E-state index is 13.5. The van der Waals surface area contributed by atoms with Gasteiger partial charge in [-0.1, -0.05) is 35.9 Å². The zero-order chi connectivity index (χ0) is 22.6. The summed E-state index contributed by atoms with van der Waals surface area (Å²) in [4.78, 5) is 28.6. The number of para-hydroxylation sites is 1. The molecule has 0 atom stereocenters. The van der Waals surface area contributed by atoms with Crippen molar-refractivity contribution >= 4 is 17.5 Å². The largest absolute Gasteiger partial charge is 0.381 e. The molecule has 5 heteroatoms. The number of aryl methyl sites for hydroxylation is 3. The average molecular weight is 423 g/mol. The number of benzene rings is 2. The number of anilines is 1. The summed E-state index contributed by atoms with van der Waals surface area (Å²) in [6, 6.07) is 13.6. The van der Waals surface area contributed by atoms with E-state index in [0.717, 1.165) is 35.2 Å².